The fraction of sp³-hybridized carbons (Fsp3) is 0.688. The first kappa shape index (κ1) is 19.4. The van der Waals surface area contributed by atoms with Crippen LogP contribution in [0.25, 0.3) is 0 Å². The van der Waals surface area contributed by atoms with E-state index in [-0.39, 0.29) is 23.7 Å². The Morgan fingerprint density at radius 2 is 2.05 bits per heavy atom. The molecule has 1 aromatic rings. The standard InChI is InChI=1S/C16H26N2O2S.ClH/c1-20-12-11-17-9-10-18-15(19)16(7-3-2-4-8-16)14-6-5-13-21-14;/h5-6,13,17H,2-4,7-12H2,1H3,(H,18,19);1H. The zero-order chi connectivity index (χ0) is 15.0. The molecule has 1 heterocycles. The van der Waals surface area contributed by atoms with Crippen LogP contribution >= 0.6 is 23.7 Å². The molecule has 2 rings (SSSR count). The van der Waals surface area contributed by atoms with Crippen molar-refractivity contribution in [3.63, 3.8) is 0 Å². The molecule has 1 fully saturated rings. The lowest BCUT2D eigenvalue weighted by Gasteiger charge is -2.35. The maximum atomic E-state index is 12.8. The van der Waals surface area contributed by atoms with Gasteiger partial charge in [-0.3, -0.25) is 4.79 Å². The van der Waals surface area contributed by atoms with Crippen molar-refractivity contribution in [1.29, 1.82) is 0 Å². The molecule has 1 saturated carbocycles. The molecular formula is C16H27ClN2O2S. The van der Waals surface area contributed by atoms with E-state index in [9.17, 15) is 4.79 Å². The van der Waals surface area contributed by atoms with E-state index in [4.69, 9.17) is 4.74 Å². The molecule has 126 valence electrons. The first-order valence-corrected chi connectivity index (χ1v) is 8.69. The minimum atomic E-state index is -0.279. The maximum Gasteiger partial charge on any atom is 0.231 e. The van der Waals surface area contributed by atoms with Crippen molar-refractivity contribution in [1.82, 2.24) is 10.6 Å². The van der Waals surface area contributed by atoms with Crippen LogP contribution in [0.2, 0.25) is 0 Å². The second-order valence-electron chi connectivity index (χ2n) is 5.62. The summed E-state index contributed by atoms with van der Waals surface area (Å²) in [5.41, 5.74) is -0.279. The van der Waals surface area contributed by atoms with Gasteiger partial charge in [-0.1, -0.05) is 25.3 Å². The van der Waals surface area contributed by atoms with Gasteiger partial charge in [-0.15, -0.1) is 23.7 Å². The van der Waals surface area contributed by atoms with E-state index in [1.807, 2.05) is 0 Å². The Morgan fingerprint density at radius 3 is 2.68 bits per heavy atom. The predicted molar refractivity (Wildman–Crippen MR) is 94.1 cm³/mol. The highest BCUT2D eigenvalue weighted by Gasteiger charge is 2.41. The highest BCUT2D eigenvalue weighted by Crippen LogP contribution is 2.41. The molecule has 0 atom stereocenters. The molecule has 0 radical (unpaired) electrons. The highest BCUT2D eigenvalue weighted by molar-refractivity contribution is 7.10. The van der Waals surface area contributed by atoms with Crippen LogP contribution in [0.4, 0.5) is 0 Å². The lowest BCUT2D eigenvalue weighted by atomic mass is 9.72. The van der Waals surface area contributed by atoms with Crippen LogP contribution in [-0.2, 0) is 14.9 Å². The molecule has 1 aliphatic rings. The summed E-state index contributed by atoms with van der Waals surface area (Å²) in [5.74, 6) is 0.207. The van der Waals surface area contributed by atoms with Crippen molar-refractivity contribution < 1.29 is 9.53 Å². The third-order valence-electron chi connectivity index (χ3n) is 4.20. The van der Waals surface area contributed by atoms with Crippen LogP contribution in [0, 0.1) is 0 Å². The lowest BCUT2D eigenvalue weighted by molar-refractivity contribution is -0.127. The first-order chi connectivity index (χ1) is 10.3. The van der Waals surface area contributed by atoms with Gasteiger partial charge in [0.25, 0.3) is 0 Å². The summed E-state index contributed by atoms with van der Waals surface area (Å²) in [7, 11) is 1.69. The van der Waals surface area contributed by atoms with Gasteiger partial charge in [-0.05, 0) is 24.3 Å². The van der Waals surface area contributed by atoms with Gasteiger partial charge in [-0.2, -0.15) is 0 Å². The quantitative estimate of drug-likeness (QED) is 0.711. The van der Waals surface area contributed by atoms with E-state index < -0.39 is 0 Å². The molecule has 0 unspecified atom stereocenters. The Morgan fingerprint density at radius 1 is 1.27 bits per heavy atom. The number of amides is 1. The van der Waals surface area contributed by atoms with E-state index >= 15 is 0 Å². The Hall–Kier alpha value is -0.620. The molecule has 0 spiro atoms. The number of ether oxygens (including phenoxy) is 1. The molecule has 4 nitrogen and oxygen atoms in total. The monoisotopic (exact) mass is 346 g/mol. The van der Waals surface area contributed by atoms with Gasteiger partial charge >= 0.3 is 0 Å². The summed E-state index contributed by atoms with van der Waals surface area (Å²) in [6.45, 7) is 2.99. The third kappa shape index (κ3) is 4.95. The van der Waals surface area contributed by atoms with Gasteiger partial charge in [0.2, 0.25) is 5.91 Å². The minimum Gasteiger partial charge on any atom is -0.383 e. The van der Waals surface area contributed by atoms with Gasteiger partial charge in [0.05, 0.1) is 12.0 Å². The zero-order valence-electron chi connectivity index (χ0n) is 13.2. The van der Waals surface area contributed by atoms with E-state index in [1.165, 1.54) is 11.3 Å². The second-order valence-corrected chi connectivity index (χ2v) is 6.57. The van der Waals surface area contributed by atoms with Gasteiger partial charge in [-0.25, -0.2) is 0 Å². The number of rotatable bonds is 8. The molecule has 1 amide bonds. The van der Waals surface area contributed by atoms with E-state index in [1.54, 1.807) is 18.4 Å². The van der Waals surface area contributed by atoms with Gasteiger partial charge in [0.1, 0.15) is 0 Å². The van der Waals surface area contributed by atoms with Gasteiger partial charge < -0.3 is 15.4 Å². The number of carbonyl (C=O) groups excluding carboxylic acids is 1. The van der Waals surface area contributed by atoms with Crippen LogP contribution < -0.4 is 10.6 Å². The minimum absolute atomic E-state index is 0. The van der Waals surface area contributed by atoms with E-state index in [2.05, 4.69) is 28.1 Å². The van der Waals surface area contributed by atoms with Crippen molar-refractivity contribution in [2.24, 2.45) is 0 Å². The van der Waals surface area contributed by atoms with Crippen LogP contribution in [0.15, 0.2) is 17.5 Å². The number of thiophene rings is 1. The Kier molecular flexibility index (Phi) is 9.02. The van der Waals surface area contributed by atoms with Gasteiger partial charge in [0.15, 0.2) is 0 Å². The molecule has 0 aromatic carbocycles. The van der Waals surface area contributed by atoms with Crippen LogP contribution in [0.1, 0.15) is 37.0 Å². The SMILES string of the molecule is COCCNCCNC(=O)C1(c2cccs2)CCCCC1.Cl. The first-order valence-electron chi connectivity index (χ1n) is 7.81. The predicted octanol–water partition coefficient (Wildman–Crippen LogP) is 2.72. The normalized spacial score (nSPS) is 16.8. The Labute approximate surface area is 143 Å². The summed E-state index contributed by atoms with van der Waals surface area (Å²) in [6.07, 6.45) is 5.51. The Balaban J connectivity index is 0.00000242. The maximum absolute atomic E-state index is 12.8. The average molecular weight is 347 g/mol. The molecule has 0 bridgehead atoms. The van der Waals surface area contributed by atoms with Crippen LogP contribution in [-0.4, -0.2) is 39.3 Å². The van der Waals surface area contributed by atoms with Crippen LogP contribution in [0.3, 0.4) is 0 Å². The molecule has 0 aliphatic heterocycles. The third-order valence-corrected chi connectivity index (χ3v) is 5.28. The number of nitrogens with one attached hydrogen (secondary N) is 2. The fourth-order valence-electron chi connectivity index (χ4n) is 3.02. The molecule has 2 N–H and O–H groups in total. The molecule has 6 heteroatoms. The fourth-order valence-corrected chi connectivity index (χ4v) is 4.01. The number of carbonyl (C=O) groups is 1. The molecule has 0 saturated heterocycles. The highest BCUT2D eigenvalue weighted by atomic mass is 35.5. The molecule has 1 aliphatic carbocycles. The second kappa shape index (κ2) is 10.2. The number of methoxy groups -OCH3 is 1. The zero-order valence-corrected chi connectivity index (χ0v) is 14.9. The summed E-state index contributed by atoms with van der Waals surface area (Å²) >= 11 is 1.71. The van der Waals surface area contributed by atoms with Gasteiger partial charge in [0, 0.05) is 31.6 Å². The van der Waals surface area contributed by atoms with Crippen molar-refractivity contribution in [2.45, 2.75) is 37.5 Å². The van der Waals surface area contributed by atoms with Crippen molar-refractivity contribution in [3.05, 3.63) is 22.4 Å². The Bertz CT molecular complexity index is 420. The molecule has 22 heavy (non-hydrogen) atoms. The largest absolute Gasteiger partial charge is 0.383 e. The van der Waals surface area contributed by atoms with E-state index in [0.717, 1.165) is 38.8 Å². The number of hydrogen-bond acceptors (Lipinski definition) is 4. The average Bonchev–Trinajstić information content (AvgIpc) is 3.06. The van der Waals surface area contributed by atoms with Crippen LogP contribution in [0.5, 0.6) is 0 Å². The summed E-state index contributed by atoms with van der Waals surface area (Å²) in [6, 6.07) is 4.17. The smallest absolute Gasteiger partial charge is 0.231 e. The van der Waals surface area contributed by atoms with Crippen molar-refractivity contribution >= 4 is 29.7 Å². The summed E-state index contributed by atoms with van der Waals surface area (Å²) in [5, 5.41) is 8.45. The van der Waals surface area contributed by atoms with Crippen molar-refractivity contribution in [3.8, 4) is 0 Å². The van der Waals surface area contributed by atoms with Crippen molar-refractivity contribution in [2.75, 3.05) is 33.4 Å². The summed E-state index contributed by atoms with van der Waals surface area (Å²) in [4.78, 5) is 14.0. The lowest BCUT2D eigenvalue weighted by Crippen LogP contribution is -2.47. The summed E-state index contributed by atoms with van der Waals surface area (Å²) < 4.78 is 4.98. The molecular weight excluding hydrogens is 320 g/mol. The number of halogens is 1. The van der Waals surface area contributed by atoms with E-state index in [0.29, 0.717) is 13.2 Å². The molecule has 1 aromatic heterocycles. The topological polar surface area (TPSA) is 50.4 Å². The number of hydrogen-bond donors (Lipinski definition) is 2.